The van der Waals surface area contributed by atoms with Crippen LogP contribution < -0.4 is 9.47 Å². The molecule has 0 amide bonds. The Balaban J connectivity index is 1.71. The molecule has 0 spiro atoms. The van der Waals surface area contributed by atoms with Crippen molar-refractivity contribution in [2.75, 3.05) is 13.2 Å². The largest absolute Gasteiger partial charge is 0.492 e. The lowest BCUT2D eigenvalue weighted by atomic mass is 10.0. The van der Waals surface area contributed by atoms with E-state index in [-0.39, 0.29) is 0 Å². The van der Waals surface area contributed by atoms with Crippen LogP contribution >= 0.6 is 0 Å². The molecule has 2 aromatic rings. The van der Waals surface area contributed by atoms with Crippen molar-refractivity contribution in [3.05, 3.63) is 59.7 Å². The summed E-state index contributed by atoms with van der Waals surface area (Å²) in [5.41, 5.74) is 4.05. The van der Waals surface area contributed by atoms with Crippen LogP contribution in [0.25, 0.3) is 0 Å². The predicted molar refractivity (Wildman–Crippen MR) is 86.2 cm³/mol. The first kappa shape index (κ1) is 13.1. The van der Waals surface area contributed by atoms with Crippen molar-refractivity contribution in [1.82, 2.24) is 0 Å². The quantitative estimate of drug-likeness (QED) is 0.756. The van der Waals surface area contributed by atoms with E-state index in [9.17, 15) is 0 Å². The SMILES string of the molecule is c1ccc2c(c1)OCC/C2=N/N=C1/CCOc2ccccc21. The van der Waals surface area contributed by atoms with Gasteiger partial charge < -0.3 is 9.47 Å². The molecule has 2 aliphatic rings. The summed E-state index contributed by atoms with van der Waals surface area (Å²) >= 11 is 0. The van der Waals surface area contributed by atoms with Gasteiger partial charge in [-0.05, 0) is 24.3 Å². The molecule has 0 atom stereocenters. The summed E-state index contributed by atoms with van der Waals surface area (Å²) in [6, 6.07) is 16.0. The second-order valence-electron chi connectivity index (χ2n) is 5.28. The molecule has 0 N–H and O–H groups in total. The van der Waals surface area contributed by atoms with Gasteiger partial charge >= 0.3 is 0 Å². The Bertz CT molecular complexity index is 700. The highest BCUT2D eigenvalue weighted by atomic mass is 16.5. The molecule has 4 nitrogen and oxygen atoms in total. The average molecular weight is 292 g/mol. The van der Waals surface area contributed by atoms with E-state index in [1.54, 1.807) is 0 Å². The van der Waals surface area contributed by atoms with Crippen LogP contribution in [0, 0.1) is 0 Å². The number of rotatable bonds is 1. The zero-order chi connectivity index (χ0) is 14.8. The standard InChI is InChI=1S/C18H16N2O2/c1-3-7-17-13(5-1)15(9-11-21-17)19-20-16-10-12-22-18-8-4-2-6-14(16)18/h1-8H,9-12H2/b19-15-,20-16-. The molecule has 0 aromatic heterocycles. The first-order valence-electron chi connectivity index (χ1n) is 7.49. The summed E-state index contributed by atoms with van der Waals surface area (Å²) in [4.78, 5) is 0. The minimum absolute atomic E-state index is 0.653. The third-order valence-corrected chi connectivity index (χ3v) is 3.88. The fraction of sp³-hybridized carbons (Fsp3) is 0.222. The maximum absolute atomic E-state index is 5.65. The molecule has 0 bridgehead atoms. The molecule has 0 saturated carbocycles. The molecule has 0 unspecified atom stereocenters. The van der Waals surface area contributed by atoms with E-state index in [1.165, 1.54) is 0 Å². The topological polar surface area (TPSA) is 43.2 Å². The van der Waals surface area contributed by atoms with Crippen molar-refractivity contribution in [3.63, 3.8) is 0 Å². The second kappa shape index (κ2) is 5.64. The van der Waals surface area contributed by atoms with Gasteiger partial charge in [0.05, 0.1) is 24.6 Å². The Morgan fingerprint density at radius 1 is 0.636 bits per heavy atom. The van der Waals surface area contributed by atoms with Crippen molar-refractivity contribution in [2.24, 2.45) is 10.2 Å². The molecule has 0 fully saturated rings. The van der Waals surface area contributed by atoms with Crippen molar-refractivity contribution in [2.45, 2.75) is 12.8 Å². The first-order valence-corrected chi connectivity index (χ1v) is 7.49. The van der Waals surface area contributed by atoms with Crippen LogP contribution in [0.15, 0.2) is 58.7 Å². The zero-order valence-electron chi connectivity index (χ0n) is 12.2. The van der Waals surface area contributed by atoms with Gasteiger partial charge in [-0.2, -0.15) is 10.2 Å². The maximum Gasteiger partial charge on any atom is 0.128 e. The van der Waals surface area contributed by atoms with Crippen LogP contribution in [0.2, 0.25) is 0 Å². The number of fused-ring (bicyclic) bond motifs is 2. The zero-order valence-corrected chi connectivity index (χ0v) is 12.2. The Labute approximate surface area is 129 Å². The molecule has 0 radical (unpaired) electrons. The van der Waals surface area contributed by atoms with Gasteiger partial charge in [0.2, 0.25) is 0 Å². The number of hydrogen-bond donors (Lipinski definition) is 0. The van der Waals surface area contributed by atoms with E-state index < -0.39 is 0 Å². The fourth-order valence-corrected chi connectivity index (χ4v) is 2.77. The molecular weight excluding hydrogens is 276 g/mol. The van der Waals surface area contributed by atoms with Crippen molar-refractivity contribution in [1.29, 1.82) is 0 Å². The summed E-state index contributed by atoms with van der Waals surface area (Å²) in [5.74, 6) is 1.78. The van der Waals surface area contributed by atoms with Gasteiger partial charge in [-0.15, -0.1) is 0 Å². The van der Waals surface area contributed by atoms with Gasteiger partial charge in [0.15, 0.2) is 0 Å². The van der Waals surface area contributed by atoms with Crippen LogP contribution in [0.3, 0.4) is 0 Å². The Morgan fingerprint density at radius 2 is 1.09 bits per heavy atom. The summed E-state index contributed by atoms with van der Waals surface area (Å²) in [6.45, 7) is 1.31. The smallest absolute Gasteiger partial charge is 0.128 e. The van der Waals surface area contributed by atoms with E-state index in [0.717, 1.165) is 46.9 Å². The minimum atomic E-state index is 0.653. The van der Waals surface area contributed by atoms with Gasteiger partial charge in [-0.3, -0.25) is 0 Å². The van der Waals surface area contributed by atoms with Crippen LogP contribution in [0.4, 0.5) is 0 Å². The molecule has 2 heterocycles. The summed E-state index contributed by atoms with van der Waals surface area (Å²) in [6.07, 6.45) is 1.57. The Hall–Kier alpha value is -2.62. The number of para-hydroxylation sites is 2. The predicted octanol–water partition coefficient (Wildman–Crippen LogP) is 3.45. The molecule has 4 rings (SSSR count). The molecule has 4 heteroatoms. The second-order valence-corrected chi connectivity index (χ2v) is 5.28. The number of hydrogen-bond acceptors (Lipinski definition) is 4. The molecule has 22 heavy (non-hydrogen) atoms. The van der Waals surface area contributed by atoms with Gasteiger partial charge in [0, 0.05) is 24.0 Å². The molecule has 2 aromatic carbocycles. The maximum atomic E-state index is 5.65. The lowest BCUT2D eigenvalue weighted by Gasteiger charge is -2.19. The van der Waals surface area contributed by atoms with Gasteiger partial charge in [-0.1, -0.05) is 24.3 Å². The van der Waals surface area contributed by atoms with Crippen LogP contribution in [-0.2, 0) is 0 Å². The van der Waals surface area contributed by atoms with Gasteiger partial charge in [0.25, 0.3) is 0 Å². The van der Waals surface area contributed by atoms with Crippen molar-refractivity contribution >= 4 is 11.4 Å². The van der Waals surface area contributed by atoms with Crippen molar-refractivity contribution < 1.29 is 9.47 Å². The van der Waals surface area contributed by atoms with E-state index in [2.05, 4.69) is 10.2 Å². The molecule has 110 valence electrons. The number of nitrogens with zero attached hydrogens (tertiary/aromatic N) is 2. The van der Waals surface area contributed by atoms with Crippen molar-refractivity contribution in [3.8, 4) is 11.5 Å². The lowest BCUT2D eigenvalue weighted by Crippen LogP contribution is -2.17. The summed E-state index contributed by atoms with van der Waals surface area (Å²) in [7, 11) is 0. The summed E-state index contributed by atoms with van der Waals surface area (Å²) in [5, 5.41) is 9.03. The summed E-state index contributed by atoms with van der Waals surface area (Å²) < 4.78 is 11.3. The normalized spacial score (nSPS) is 20.0. The fourth-order valence-electron chi connectivity index (χ4n) is 2.77. The third kappa shape index (κ3) is 2.37. The highest BCUT2D eigenvalue weighted by Gasteiger charge is 2.18. The van der Waals surface area contributed by atoms with Gasteiger partial charge in [0.1, 0.15) is 11.5 Å². The van der Waals surface area contributed by atoms with E-state index in [4.69, 9.17) is 9.47 Å². The number of benzene rings is 2. The van der Waals surface area contributed by atoms with E-state index >= 15 is 0 Å². The molecule has 2 aliphatic heterocycles. The molecular formula is C18H16N2O2. The van der Waals surface area contributed by atoms with Gasteiger partial charge in [-0.25, -0.2) is 0 Å². The van der Waals surface area contributed by atoms with Crippen LogP contribution in [0.5, 0.6) is 11.5 Å². The molecule has 0 saturated heterocycles. The monoisotopic (exact) mass is 292 g/mol. The highest BCUT2D eigenvalue weighted by Crippen LogP contribution is 2.26. The minimum Gasteiger partial charge on any atom is -0.492 e. The van der Waals surface area contributed by atoms with Crippen LogP contribution in [-0.4, -0.2) is 24.6 Å². The lowest BCUT2D eigenvalue weighted by molar-refractivity contribution is 0.319. The Morgan fingerprint density at radius 3 is 1.59 bits per heavy atom. The Kier molecular flexibility index (Phi) is 3.35. The first-order chi connectivity index (χ1) is 10.9. The van der Waals surface area contributed by atoms with Crippen LogP contribution in [0.1, 0.15) is 24.0 Å². The number of ether oxygens (including phenoxy) is 2. The third-order valence-electron chi connectivity index (χ3n) is 3.88. The average Bonchev–Trinajstić information content (AvgIpc) is 2.60. The van der Waals surface area contributed by atoms with E-state index in [0.29, 0.717) is 13.2 Å². The highest BCUT2D eigenvalue weighted by molar-refractivity contribution is 6.06. The van der Waals surface area contributed by atoms with E-state index in [1.807, 2.05) is 48.5 Å². The molecule has 0 aliphatic carbocycles.